The number of aromatic nitrogens is 2. The van der Waals surface area contributed by atoms with Gasteiger partial charge in [0.1, 0.15) is 22.6 Å². The van der Waals surface area contributed by atoms with Crippen LogP contribution in [0.4, 0.5) is 15.9 Å². The summed E-state index contributed by atoms with van der Waals surface area (Å²) in [6.45, 7) is 7.55. The highest BCUT2D eigenvalue weighted by Gasteiger charge is 2.12. The lowest BCUT2D eigenvalue weighted by Gasteiger charge is -2.13. The molecular weight excluding hydrogens is 277 g/mol. The summed E-state index contributed by atoms with van der Waals surface area (Å²) >= 11 is 6.12. The Kier molecular flexibility index (Phi) is 4.23. The fourth-order valence-electron chi connectivity index (χ4n) is 1.69. The average Bonchev–Trinajstić information content (AvgIpc) is 2.38. The Morgan fingerprint density at radius 3 is 2.50 bits per heavy atom. The second kappa shape index (κ2) is 5.75. The zero-order valence-electron chi connectivity index (χ0n) is 12.0. The lowest BCUT2D eigenvalue weighted by molar-refractivity contribution is 0.619. The van der Waals surface area contributed by atoms with Crippen molar-refractivity contribution in [1.82, 2.24) is 9.97 Å². The van der Waals surface area contributed by atoms with E-state index in [1.165, 1.54) is 6.07 Å². The first-order valence-corrected chi connectivity index (χ1v) is 6.83. The van der Waals surface area contributed by atoms with Crippen molar-refractivity contribution in [1.29, 1.82) is 0 Å². The molecule has 0 saturated heterocycles. The molecule has 1 N–H and O–H groups in total. The molecule has 20 heavy (non-hydrogen) atoms. The van der Waals surface area contributed by atoms with Crippen LogP contribution in [0.2, 0.25) is 5.15 Å². The van der Waals surface area contributed by atoms with Crippen molar-refractivity contribution in [2.75, 3.05) is 5.32 Å². The number of benzene rings is 1. The third-order valence-corrected chi connectivity index (χ3v) is 3.42. The van der Waals surface area contributed by atoms with Crippen LogP contribution in [0.3, 0.4) is 0 Å². The van der Waals surface area contributed by atoms with Gasteiger partial charge in [-0.25, -0.2) is 14.4 Å². The van der Waals surface area contributed by atoms with E-state index >= 15 is 0 Å². The van der Waals surface area contributed by atoms with Gasteiger partial charge in [0.05, 0.1) is 0 Å². The van der Waals surface area contributed by atoms with E-state index in [-0.39, 0.29) is 11.7 Å². The predicted molar refractivity (Wildman–Crippen MR) is 80.3 cm³/mol. The van der Waals surface area contributed by atoms with Gasteiger partial charge in [-0.05, 0) is 31.5 Å². The van der Waals surface area contributed by atoms with E-state index in [9.17, 15) is 4.39 Å². The Bertz CT molecular complexity index is 641. The lowest BCUT2D eigenvalue weighted by Crippen LogP contribution is -2.05. The maximum atomic E-state index is 13.6. The van der Waals surface area contributed by atoms with Crippen molar-refractivity contribution in [3.63, 3.8) is 0 Å². The van der Waals surface area contributed by atoms with E-state index in [1.54, 1.807) is 13.0 Å². The van der Waals surface area contributed by atoms with Gasteiger partial charge in [0, 0.05) is 17.2 Å². The van der Waals surface area contributed by atoms with Crippen LogP contribution >= 0.6 is 11.6 Å². The first kappa shape index (κ1) is 14.7. The molecule has 3 nitrogen and oxygen atoms in total. The Labute approximate surface area is 123 Å². The molecule has 0 unspecified atom stereocenters. The van der Waals surface area contributed by atoms with E-state index in [0.717, 1.165) is 5.56 Å². The molecule has 0 atom stereocenters. The third-order valence-electron chi connectivity index (χ3n) is 3.05. The molecule has 0 aliphatic carbocycles. The van der Waals surface area contributed by atoms with Gasteiger partial charge in [0.15, 0.2) is 0 Å². The molecule has 1 aromatic heterocycles. The zero-order valence-corrected chi connectivity index (χ0v) is 12.7. The average molecular weight is 294 g/mol. The van der Waals surface area contributed by atoms with Gasteiger partial charge in [0.25, 0.3) is 0 Å². The molecule has 0 aliphatic heterocycles. The Balaban J connectivity index is 2.39. The molecule has 1 heterocycles. The van der Waals surface area contributed by atoms with E-state index in [2.05, 4.69) is 15.3 Å². The summed E-state index contributed by atoms with van der Waals surface area (Å²) in [5.74, 6) is 1.19. The smallest absolute Gasteiger partial charge is 0.138 e. The van der Waals surface area contributed by atoms with Gasteiger partial charge in [0.2, 0.25) is 0 Å². The second-order valence-corrected chi connectivity index (χ2v) is 5.45. The number of hydrogen-bond donors (Lipinski definition) is 1. The fraction of sp³-hybridized carbons (Fsp3) is 0.333. The molecule has 0 aliphatic rings. The second-order valence-electron chi connectivity index (χ2n) is 5.09. The van der Waals surface area contributed by atoms with Gasteiger partial charge in [-0.15, -0.1) is 0 Å². The number of anilines is 2. The first-order valence-electron chi connectivity index (χ1n) is 6.45. The van der Waals surface area contributed by atoms with E-state index in [0.29, 0.717) is 28.0 Å². The minimum atomic E-state index is -0.253. The monoisotopic (exact) mass is 293 g/mol. The number of rotatable bonds is 3. The molecule has 2 aromatic rings. The highest BCUT2D eigenvalue weighted by molar-refractivity contribution is 6.30. The molecule has 106 valence electrons. The molecular formula is C15H17ClFN3. The van der Waals surface area contributed by atoms with Gasteiger partial charge >= 0.3 is 0 Å². The fourth-order valence-corrected chi connectivity index (χ4v) is 1.87. The van der Waals surface area contributed by atoms with Gasteiger partial charge < -0.3 is 5.32 Å². The highest BCUT2D eigenvalue weighted by Crippen LogP contribution is 2.26. The van der Waals surface area contributed by atoms with E-state index in [4.69, 9.17) is 11.6 Å². The van der Waals surface area contributed by atoms with Crippen LogP contribution in [0.25, 0.3) is 0 Å². The molecule has 0 spiro atoms. The topological polar surface area (TPSA) is 37.8 Å². The summed E-state index contributed by atoms with van der Waals surface area (Å²) in [4.78, 5) is 8.70. The van der Waals surface area contributed by atoms with Gasteiger partial charge in [-0.1, -0.05) is 31.5 Å². The summed E-state index contributed by atoms with van der Waals surface area (Å²) in [5, 5.41) is 3.52. The number of nitrogens with zero attached hydrogens (tertiary/aromatic N) is 2. The summed E-state index contributed by atoms with van der Waals surface area (Å²) in [6.07, 6.45) is 0. The Hall–Kier alpha value is -1.68. The molecule has 0 bridgehead atoms. The van der Waals surface area contributed by atoms with Crippen molar-refractivity contribution >= 4 is 23.1 Å². The molecule has 0 fully saturated rings. The quantitative estimate of drug-likeness (QED) is 0.830. The van der Waals surface area contributed by atoms with Crippen LogP contribution < -0.4 is 5.32 Å². The molecule has 1 aromatic carbocycles. The Morgan fingerprint density at radius 2 is 1.90 bits per heavy atom. The maximum Gasteiger partial charge on any atom is 0.138 e. The van der Waals surface area contributed by atoms with E-state index < -0.39 is 0 Å². The van der Waals surface area contributed by atoms with Crippen LogP contribution in [0.5, 0.6) is 0 Å². The summed E-state index contributed by atoms with van der Waals surface area (Å²) in [6, 6.07) is 4.97. The zero-order chi connectivity index (χ0) is 14.9. The molecule has 0 amide bonds. The molecule has 0 saturated carbocycles. The Morgan fingerprint density at radius 1 is 1.20 bits per heavy atom. The summed E-state index contributed by atoms with van der Waals surface area (Å²) in [5.41, 5.74) is 1.99. The van der Waals surface area contributed by atoms with Crippen molar-refractivity contribution < 1.29 is 4.39 Å². The molecule has 0 radical (unpaired) electrons. The van der Waals surface area contributed by atoms with Crippen molar-refractivity contribution in [3.05, 3.63) is 46.1 Å². The van der Waals surface area contributed by atoms with Crippen LogP contribution in [0.1, 0.15) is 36.7 Å². The minimum Gasteiger partial charge on any atom is -0.340 e. The third kappa shape index (κ3) is 3.07. The van der Waals surface area contributed by atoms with Gasteiger partial charge in [-0.3, -0.25) is 0 Å². The molecule has 5 heteroatoms. The predicted octanol–water partition coefficient (Wildman–Crippen LogP) is 4.75. The number of hydrogen-bond acceptors (Lipinski definition) is 3. The summed E-state index contributed by atoms with van der Waals surface area (Å²) in [7, 11) is 0. The van der Waals surface area contributed by atoms with Crippen molar-refractivity contribution in [2.45, 2.75) is 33.6 Å². The summed E-state index contributed by atoms with van der Waals surface area (Å²) < 4.78 is 13.6. The number of aryl methyl sites for hydroxylation is 1. The standard InChI is InChI=1S/C15H17ClFN3/c1-8(2)14-19-13(16)10(4)15(20-14)18-11-6-5-9(3)12(17)7-11/h5-8H,1-4H3,(H,18,19,20). The van der Waals surface area contributed by atoms with Crippen molar-refractivity contribution in [2.24, 2.45) is 0 Å². The van der Waals surface area contributed by atoms with E-state index in [1.807, 2.05) is 26.8 Å². The first-order chi connectivity index (χ1) is 9.38. The van der Waals surface area contributed by atoms with Crippen LogP contribution in [-0.2, 0) is 0 Å². The maximum absolute atomic E-state index is 13.6. The minimum absolute atomic E-state index is 0.170. The van der Waals surface area contributed by atoms with Crippen molar-refractivity contribution in [3.8, 4) is 0 Å². The van der Waals surface area contributed by atoms with Crippen LogP contribution in [0, 0.1) is 19.7 Å². The van der Waals surface area contributed by atoms with Gasteiger partial charge in [-0.2, -0.15) is 0 Å². The number of nitrogens with one attached hydrogen (secondary N) is 1. The van der Waals surface area contributed by atoms with Crippen LogP contribution in [-0.4, -0.2) is 9.97 Å². The van der Waals surface area contributed by atoms with Crippen LogP contribution in [0.15, 0.2) is 18.2 Å². The highest BCUT2D eigenvalue weighted by atomic mass is 35.5. The molecule has 2 rings (SSSR count). The lowest BCUT2D eigenvalue weighted by atomic mass is 10.2. The normalized spacial score (nSPS) is 10.9. The SMILES string of the molecule is Cc1ccc(Nc2nc(C(C)C)nc(Cl)c2C)cc1F. The largest absolute Gasteiger partial charge is 0.340 e. The number of halogens is 2.